The third-order valence-electron chi connectivity index (χ3n) is 1.99. The molecular formula is C9H11Br2NO3. The Morgan fingerprint density at radius 2 is 1.67 bits per heavy atom. The average molecular weight is 341 g/mol. The molecule has 0 bridgehead atoms. The van der Waals surface area contributed by atoms with Crippen LogP contribution in [0.3, 0.4) is 0 Å². The summed E-state index contributed by atoms with van der Waals surface area (Å²) in [5.41, 5.74) is 5.71. The van der Waals surface area contributed by atoms with Crippen molar-refractivity contribution < 1.29 is 15.3 Å². The normalized spacial score (nSPS) is 15.0. The Morgan fingerprint density at radius 1 is 1.20 bits per heavy atom. The lowest BCUT2D eigenvalue weighted by Crippen LogP contribution is -2.27. The first-order valence-electron chi connectivity index (χ1n) is 4.21. The fourth-order valence-electron chi connectivity index (χ4n) is 1.11. The van der Waals surface area contributed by atoms with Gasteiger partial charge in [0.05, 0.1) is 15.0 Å². The summed E-state index contributed by atoms with van der Waals surface area (Å²) in [4.78, 5) is 0. The van der Waals surface area contributed by atoms with Gasteiger partial charge in [-0.25, -0.2) is 0 Å². The Balaban J connectivity index is 3.06. The number of nitrogens with two attached hydrogens (primary N) is 1. The second-order valence-corrected chi connectivity index (χ2v) is 4.79. The fraction of sp³-hybridized carbons (Fsp3) is 0.333. The van der Waals surface area contributed by atoms with E-state index in [-0.39, 0.29) is 12.3 Å². The molecule has 2 unspecified atom stereocenters. The summed E-state index contributed by atoms with van der Waals surface area (Å²) < 4.78 is 0.880. The number of aliphatic hydroxyl groups excluding tert-OH is 2. The first-order valence-corrected chi connectivity index (χ1v) is 5.80. The minimum absolute atomic E-state index is 0.0305. The molecule has 0 fully saturated rings. The van der Waals surface area contributed by atoms with Gasteiger partial charge < -0.3 is 21.1 Å². The maximum Gasteiger partial charge on any atom is 0.143 e. The number of benzene rings is 1. The Kier molecular flexibility index (Phi) is 4.54. The molecule has 0 saturated carbocycles. The van der Waals surface area contributed by atoms with Crippen molar-refractivity contribution in [2.45, 2.75) is 12.2 Å². The molecular weight excluding hydrogens is 330 g/mol. The lowest BCUT2D eigenvalue weighted by molar-refractivity contribution is 0.0242. The highest BCUT2D eigenvalue weighted by atomic mass is 79.9. The molecule has 0 saturated heterocycles. The molecule has 0 amide bonds. The van der Waals surface area contributed by atoms with Crippen molar-refractivity contribution in [3.8, 4) is 5.75 Å². The van der Waals surface area contributed by atoms with Crippen LogP contribution in [0.25, 0.3) is 0 Å². The van der Waals surface area contributed by atoms with Gasteiger partial charge in [0.1, 0.15) is 11.9 Å². The second-order valence-electron chi connectivity index (χ2n) is 3.08. The second kappa shape index (κ2) is 5.27. The first kappa shape index (κ1) is 12.9. The van der Waals surface area contributed by atoms with Crippen molar-refractivity contribution >= 4 is 31.9 Å². The molecule has 0 spiro atoms. The van der Waals surface area contributed by atoms with Crippen molar-refractivity contribution in [1.29, 1.82) is 0 Å². The maximum atomic E-state index is 9.68. The van der Waals surface area contributed by atoms with Gasteiger partial charge in [-0.2, -0.15) is 0 Å². The minimum atomic E-state index is -1.07. The monoisotopic (exact) mass is 339 g/mol. The zero-order valence-electron chi connectivity index (χ0n) is 7.69. The summed E-state index contributed by atoms with van der Waals surface area (Å²) in [6.07, 6.45) is -2.09. The third kappa shape index (κ3) is 2.92. The Bertz CT molecular complexity index is 336. The van der Waals surface area contributed by atoms with Crippen LogP contribution in [-0.4, -0.2) is 28.0 Å². The Labute approximate surface area is 104 Å². The SMILES string of the molecule is NCC(O)C(O)c1cc(Br)c(O)c(Br)c1. The highest BCUT2D eigenvalue weighted by molar-refractivity contribution is 9.11. The van der Waals surface area contributed by atoms with E-state index in [0.29, 0.717) is 14.5 Å². The van der Waals surface area contributed by atoms with Crippen LogP contribution in [0.4, 0.5) is 0 Å². The molecule has 1 rings (SSSR count). The number of hydrogen-bond acceptors (Lipinski definition) is 4. The number of phenolic OH excluding ortho intramolecular Hbond substituents is 1. The van der Waals surface area contributed by atoms with Crippen LogP contribution in [0.1, 0.15) is 11.7 Å². The fourth-order valence-corrected chi connectivity index (χ4v) is 2.33. The van der Waals surface area contributed by atoms with Crippen LogP contribution in [0, 0.1) is 0 Å². The Hall–Kier alpha value is -0.140. The number of aromatic hydroxyl groups is 1. The van der Waals surface area contributed by atoms with Gasteiger partial charge in [-0.15, -0.1) is 0 Å². The highest BCUT2D eigenvalue weighted by Crippen LogP contribution is 2.35. The van der Waals surface area contributed by atoms with Crippen LogP contribution in [0.15, 0.2) is 21.1 Å². The van der Waals surface area contributed by atoms with E-state index >= 15 is 0 Å². The zero-order valence-corrected chi connectivity index (χ0v) is 10.9. The zero-order chi connectivity index (χ0) is 11.6. The lowest BCUT2D eigenvalue weighted by atomic mass is 10.0. The molecule has 6 heteroatoms. The van der Waals surface area contributed by atoms with Crippen LogP contribution < -0.4 is 5.73 Å². The summed E-state index contributed by atoms with van der Waals surface area (Å²) in [5.74, 6) is 0.0492. The number of aliphatic hydroxyl groups is 2. The molecule has 1 aromatic carbocycles. The molecule has 5 N–H and O–H groups in total. The van der Waals surface area contributed by atoms with Gasteiger partial charge in [-0.05, 0) is 49.6 Å². The first-order chi connectivity index (χ1) is 6.97. The maximum absolute atomic E-state index is 9.68. The van der Waals surface area contributed by atoms with E-state index in [1.54, 1.807) is 0 Å². The van der Waals surface area contributed by atoms with Gasteiger partial charge in [-0.1, -0.05) is 0 Å². The van der Waals surface area contributed by atoms with Gasteiger partial charge in [0.15, 0.2) is 0 Å². The molecule has 4 nitrogen and oxygen atoms in total. The highest BCUT2D eigenvalue weighted by Gasteiger charge is 2.19. The molecule has 2 atom stereocenters. The molecule has 1 aromatic rings. The van der Waals surface area contributed by atoms with Gasteiger partial charge in [0.25, 0.3) is 0 Å². The summed E-state index contributed by atoms with van der Waals surface area (Å²) in [6, 6.07) is 3.06. The predicted octanol–water partition coefficient (Wildman–Crippen LogP) is 1.27. The van der Waals surface area contributed by atoms with Crippen molar-refractivity contribution in [1.82, 2.24) is 0 Å². The summed E-state index contributed by atoms with van der Waals surface area (Å²) >= 11 is 6.26. The van der Waals surface area contributed by atoms with Gasteiger partial charge in [0.2, 0.25) is 0 Å². The predicted molar refractivity (Wildman–Crippen MR) is 63.5 cm³/mol. The van der Waals surface area contributed by atoms with E-state index in [0.717, 1.165) is 0 Å². The van der Waals surface area contributed by atoms with E-state index in [2.05, 4.69) is 31.9 Å². The van der Waals surface area contributed by atoms with E-state index in [1.807, 2.05) is 0 Å². The largest absolute Gasteiger partial charge is 0.506 e. The van der Waals surface area contributed by atoms with Crippen molar-refractivity contribution in [2.24, 2.45) is 5.73 Å². The number of hydrogen-bond donors (Lipinski definition) is 4. The molecule has 0 aliphatic carbocycles. The van der Waals surface area contributed by atoms with Gasteiger partial charge in [-0.3, -0.25) is 0 Å². The van der Waals surface area contributed by atoms with Crippen LogP contribution in [0.2, 0.25) is 0 Å². The van der Waals surface area contributed by atoms with Crippen LogP contribution in [-0.2, 0) is 0 Å². The smallest absolute Gasteiger partial charge is 0.143 e. The summed E-state index contributed by atoms with van der Waals surface area (Å²) in [7, 11) is 0. The van der Waals surface area contributed by atoms with E-state index in [1.165, 1.54) is 12.1 Å². The molecule has 0 aliphatic rings. The quantitative estimate of drug-likeness (QED) is 0.667. The summed E-state index contributed by atoms with van der Waals surface area (Å²) in [6.45, 7) is -0.0305. The van der Waals surface area contributed by atoms with Crippen molar-refractivity contribution in [3.05, 3.63) is 26.6 Å². The molecule has 0 aliphatic heterocycles. The minimum Gasteiger partial charge on any atom is -0.506 e. The molecule has 15 heavy (non-hydrogen) atoms. The third-order valence-corrected chi connectivity index (χ3v) is 3.20. The number of phenols is 1. The number of rotatable bonds is 3. The molecule has 84 valence electrons. The lowest BCUT2D eigenvalue weighted by Gasteiger charge is -2.17. The number of halogens is 2. The van der Waals surface area contributed by atoms with E-state index < -0.39 is 12.2 Å². The van der Waals surface area contributed by atoms with Crippen molar-refractivity contribution in [2.75, 3.05) is 6.54 Å². The topological polar surface area (TPSA) is 86.7 Å². The summed E-state index contributed by atoms with van der Waals surface area (Å²) in [5, 5.41) is 28.5. The molecule has 0 radical (unpaired) electrons. The van der Waals surface area contributed by atoms with Gasteiger partial charge >= 0.3 is 0 Å². The Morgan fingerprint density at radius 3 is 2.07 bits per heavy atom. The van der Waals surface area contributed by atoms with Gasteiger partial charge in [0, 0.05) is 6.54 Å². The van der Waals surface area contributed by atoms with E-state index in [4.69, 9.17) is 5.73 Å². The van der Waals surface area contributed by atoms with Crippen LogP contribution in [0.5, 0.6) is 5.75 Å². The molecule has 0 heterocycles. The average Bonchev–Trinajstić information content (AvgIpc) is 2.23. The van der Waals surface area contributed by atoms with Crippen molar-refractivity contribution in [3.63, 3.8) is 0 Å². The van der Waals surface area contributed by atoms with Crippen LogP contribution >= 0.6 is 31.9 Å². The van der Waals surface area contributed by atoms with E-state index in [9.17, 15) is 15.3 Å². The molecule has 0 aromatic heterocycles. The standard InChI is InChI=1S/C9H11Br2NO3/c10-5-1-4(2-6(11)9(5)15)8(14)7(13)3-12/h1-2,7-8,13-15H,3,12H2.